The largest absolute Gasteiger partial charge is 0.496 e. The van der Waals surface area contributed by atoms with Crippen LogP contribution in [0.1, 0.15) is 36.9 Å². The summed E-state index contributed by atoms with van der Waals surface area (Å²) in [6.07, 6.45) is 2.08. The van der Waals surface area contributed by atoms with Crippen LogP contribution in [-0.4, -0.2) is 14.2 Å². The minimum absolute atomic E-state index is 0.321. The molecule has 0 aliphatic carbocycles. The van der Waals surface area contributed by atoms with Crippen LogP contribution in [0.15, 0.2) is 30.4 Å². The molecule has 0 aromatic heterocycles. The van der Waals surface area contributed by atoms with E-state index in [-0.39, 0.29) is 0 Å². The Morgan fingerprint density at radius 2 is 2.18 bits per heavy atom. The van der Waals surface area contributed by atoms with E-state index < -0.39 is 0 Å². The monoisotopic (exact) mass is 233 g/mol. The molecule has 0 bridgehead atoms. The van der Waals surface area contributed by atoms with Crippen molar-refractivity contribution in [2.45, 2.75) is 32.7 Å². The Morgan fingerprint density at radius 1 is 1.47 bits per heavy atom. The van der Waals surface area contributed by atoms with Gasteiger partial charge in [-0.1, -0.05) is 23.3 Å². The number of hydrogen-bond acceptors (Lipinski definition) is 2. The second kappa shape index (κ2) is 6.45. The lowest BCUT2D eigenvalue weighted by molar-refractivity contribution is 0.398. The molecule has 0 saturated heterocycles. The molecule has 1 aromatic carbocycles. The van der Waals surface area contributed by atoms with Gasteiger partial charge in [-0.2, -0.15) is 0 Å². The summed E-state index contributed by atoms with van der Waals surface area (Å²) in [5.41, 5.74) is 3.71. The number of allylic oxidation sites excluding steroid dienone is 1. The zero-order valence-electron chi connectivity index (χ0n) is 11.3. The summed E-state index contributed by atoms with van der Waals surface area (Å²) in [5, 5.41) is 3.35. The van der Waals surface area contributed by atoms with Crippen molar-refractivity contribution in [1.29, 1.82) is 0 Å². The van der Waals surface area contributed by atoms with Gasteiger partial charge in [0.15, 0.2) is 0 Å². The molecule has 1 unspecified atom stereocenters. The summed E-state index contributed by atoms with van der Waals surface area (Å²) in [5.74, 6) is 0.955. The molecule has 2 nitrogen and oxygen atoms in total. The van der Waals surface area contributed by atoms with Crippen molar-refractivity contribution in [3.05, 3.63) is 41.5 Å². The SMILES string of the molecule is C=C(C)CCC(NC)c1cc(C)ccc1OC. The molecule has 94 valence electrons. The van der Waals surface area contributed by atoms with Gasteiger partial charge < -0.3 is 10.1 Å². The van der Waals surface area contributed by atoms with Crippen LogP contribution < -0.4 is 10.1 Å². The highest BCUT2D eigenvalue weighted by Crippen LogP contribution is 2.29. The highest BCUT2D eigenvalue weighted by atomic mass is 16.5. The summed E-state index contributed by atoms with van der Waals surface area (Å²) in [6.45, 7) is 8.13. The van der Waals surface area contributed by atoms with Crippen molar-refractivity contribution >= 4 is 0 Å². The normalized spacial score (nSPS) is 12.2. The molecule has 0 aliphatic rings. The van der Waals surface area contributed by atoms with Crippen molar-refractivity contribution in [2.75, 3.05) is 14.2 Å². The molecule has 1 N–H and O–H groups in total. The van der Waals surface area contributed by atoms with E-state index >= 15 is 0 Å². The fourth-order valence-electron chi connectivity index (χ4n) is 1.97. The fraction of sp³-hybridized carbons (Fsp3) is 0.467. The van der Waals surface area contributed by atoms with Gasteiger partial charge in [0.05, 0.1) is 7.11 Å². The van der Waals surface area contributed by atoms with Crippen molar-refractivity contribution in [1.82, 2.24) is 5.32 Å². The summed E-state index contributed by atoms with van der Waals surface area (Å²) < 4.78 is 5.43. The molecule has 0 fully saturated rings. The molecule has 1 atom stereocenters. The Hall–Kier alpha value is -1.28. The Bertz CT molecular complexity index is 385. The van der Waals surface area contributed by atoms with Crippen LogP contribution in [0.2, 0.25) is 0 Å². The van der Waals surface area contributed by atoms with E-state index in [2.05, 4.69) is 37.9 Å². The first-order valence-corrected chi connectivity index (χ1v) is 6.04. The van der Waals surface area contributed by atoms with Crippen molar-refractivity contribution < 1.29 is 4.74 Å². The quantitative estimate of drug-likeness (QED) is 0.758. The Labute approximate surface area is 105 Å². The lowest BCUT2D eigenvalue weighted by atomic mass is 9.97. The second-order valence-electron chi connectivity index (χ2n) is 4.58. The molecular weight excluding hydrogens is 210 g/mol. The molecular formula is C15H23NO. The molecule has 0 radical (unpaired) electrons. The zero-order chi connectivity index (χ0) is 12.8. The van der Waals surface area contributed by atoms with Gasteiger partial charge in [0, 0.05) is 11.6 Å². The molecule has 0 spiro atoms. The molecule has 1 aromatic rings. The minimum atomic E-state index is 0.321. The van der Waals surface area contributed by atoms with Crippen LogP contribution >= 0.6 is 0 Å². The summed E-state index contributed by atoms with van der Waals surface area (Å²) in [6, 6.07) is 6.63. The Kier molecular flexibility index (Phi) is 5.23. The van der Waals surface area contributed by atoms with Gasteiger partial charge in [0.25, 0.3) is 0 Å². The first-order chi connectivity index (χ1) is 8.08. The van der Waals surface area contributed by atoms with Crippen molar-refractivity contribution in [3.63, 3.8) is 0 Å². The van der Waals surface area contributed by atoms with Gasteiger partial charge in [-0.15, -0.1) is 6.58 Å². The van der Waals surface area contributed by atoms with Gasteiger partial charge in [-0.05, 0) is 39.8 Å². The first kappa shape index (κ1) is 13.8. The number of nitrogens with one attached hydrogen (secondary N) is 1. The van der Waals surface area contributed by atoms with E-state index in [0.29, 0.717) is 6.04 Å². The molecule has 17 heavy (non-hydrogen) atoms. The highest BCUT2D eigenvalue weighted by Gasteiger charge is 2.14. The number of methoxy groups -OCH3 is 1. The molecule has 0 heterocycles. The van der Waals surface area contributed by atoms with Crippen LogP contribution in [0.25, 0.3) is 0 Å². The van der Waals surface area contributed by atoms with Gasteiger partial charge >= 0.3 is 0 Å². The van der Waals surface area contributed by atoms with Crippen LogP contribution in [0.5, 0.6) is 5.75 Å². The van der Waals surface area contributed by atoms with E-state index in [9.17, 15) is 0 Å². The third-order valence-corrected chi connectivity index (χ3v) is 2.97. The maximum absolute atomic E-state index is 5.43. The summed E-state index contributed by atoms with van der Waals surface area (Å²) >= 11 is 0. The van der Waals surface area contributed by atoms with E-state index in [1.807, 2.05) is 13.1 Å². The number of ether oxygens (including phenoxy) is 1. The average molecular weight is 233 g/mol. The number of benzene rings is 1. The lowest BCUT2D eigenvalue weighted by Gasteiger charge is -2.20. The van der Waals surface area contributed by atoms with Crippen LogP contribution in [0.4, 0.5) is 0 Å². The summed E-state index contributed by atoms with van der Waals surface area (Å²) in [7, 11) is 3.71. The van der Waals surface area contributed by atoms with E-state index in [4.69, 9.17) is 4.74 Å². The van der Waals surface area contributed by atoms with E-state index in [1.54, 1.807) is 7.11 Å². The standard InChI is InChI=1S/C15H23NO/c1-11(2)6-8-14(16-4)13-10-12(3)7-9-15(13)17-5/h7,9-10,14,16H,1,6,8H2,2-5H3. The van der Waals surface area contributed by atoms with Crippen molar-refractivity contribution in [2.24, 2.45) is 0 Å². The Balaban J connectivity index is 2.93. The average Bonchev–Trinajstić information content (AvgIpc) is 2.30. The predicted molar refractivity (Wildman–Crippen MR) is 73.6 cm³/mol. The van der Waals surface area contributed by atoms with Gasteiger partial charge in [0.2, 0.25) is 0 Å². The van der Waals surface area contributed by atoms with Gasteiger partial charge in [-0.3, -0.25) is 0 Å². The van der Waals surface area contributed by atoms with Crippen molar-refractivity contribution in [3.8, 4) is 5.75 Å². The van der Waals surface area contributed by atoms with Gasteiger partial charge in [0.1, 0.15) is 5.75 Å². The van der Waals surface area contributed by atoms with Crippen LogP contribution in [-0.2, 0) is 0 Å². The Morgan fingerprint density at radius 3 is 2.71 bits per heavy atom. The van der Waals surface area contributed by atoms with E-state index in [0.717, 1.165) is 18.6 Å². The fourth-order valence-corrected chi connectivity index (χ4v) is 1.97. The van der Waals surface area contributed by atoms with Crippen LogP contribution in [0, 0.1) is 6.92 Å². The smallest absolute Gasteiger partial charge is 0.123 e. The summed E-state index contributed by atoms with van der Waals surface area (Å²) in [4.78, 5) is 0. The third-order valence-electron chi connectivity index (χ3n) is 2.97. The maximum atomic E-state index is 5.43. The molecule has 0 amide bonds. The first-order valence-electron chi connectivity index (χ1n) is 6.04. The maximum Gasteiger partial charge on any atom is 0.123 e. The molecule has 2 heteroatoms. The topological polar surface area (TPSA) is 21.3 Å². The predicted octanol–water partition coefficient (Wildman–Crippen LogP) is 3.62. The lowest BCUT2D eigenvalue weighted by Crippen LogP contribution is -2.17. The van der Waals surface area contributed by atoms with E-state index in [1.165, 1.54) is 16.7 Å². The molecule has 1 rings (SSSR count). The molecule has 0 aliphatic heterocycles. The number of rotatable bonds is 6. The zero-order valence-corrected chi connectivity index (χ0v) is 11.3. The third kappa shape index (κ3) is 3.90. The van der Waals surface area contributed by atoms with Gasteiger partial charge in [-0.25, -0.2) is 0 Å². The number of aryl methyl sites for hydroxylation is 1. The van der Waals surface area contributed by atoms with Crippen LogP contribution in [0.3, 0.4) is 0 Å². The highest BCUT2D eigenvalue weighted by molar-refractivity contribution is 5.39. The second-order valence-corrected chi connectivity index (χ2v) is 4.58. The number of hydrogen-bond donors (Lipinski definition) is 1. The minimum Gasteiger partial charge on any atom is -0.496 e. The molecule has 0 saturated carbocycles.